The third kappa shape index (κ3) is 3.84. The summed E-state index contributed by atoms with van der Waals surface area (Å²) in [6.45, 7) is 4.23. The summed E-state index contributed by atoms with van der Waals surface area (Å²) in [5.74, 6) is 0.390. The maximum Gasteiger partial charge on any atom is 0.224 e. The van der Waals surface area contributed by atoms with Gasteiger partial charge in [-0.15, -0.1) is 11.3 Å². The van der Waals surface area contributed by atoms with E-state index in [-0.39, 0.29) is 11.9 Å². The molecule has 0 saturated carbocycles. The van der Waals surface area contributed by atoms with E-state index in [2.05, 4.69) is 25.2 Å². The third-order valence-corrected chi connectivity index (χ3v) is 4.10. The summed E-state index contributed by atoms with van der Waals surface area (Å²) in [5, 5.41) is 5.15. The first-order valence-corrected chi connectivity index (χ1v) is 7.61. The van der Waals surface area contributed by atoms with E-state index in [4.69, 9.17) is 5.73 Å². The quantitative estimate of drug-likeness (QED) is 0.829. The van der Waals surface area contributed by atoms with Gasteiger partial charge in [0.25, 0.3) is 0 Å². The van der Waals surface area contributed by atoms with Crippen molar-refractivity contribution < 1.29 is 4.79 Å². The zero-order valence-electron chi connectivity index (χ0n) is 11.8. The largest absolute Gasteiger partial charge is 0.399 e. The molecule has 0 spiro atoms. The van der Waals surface area contributed by atoms with Gasteiger partial charge < -0.3 is 11.1 Å². The van der Waals surface area contributed by atoms with E-state index in [0.717, 1.165) is 5.56 Å². The van der Waals surface area contributed by atoms with Crippen molar-refractivity contribution in [2.24, 2.45) is 5.92 Å². The summed E-state index contributed by atoms with van der Waals surface area (Å²) < 4.78 is 0. The molecule has 1 aromatic heterocycles. The molecule has 1 amide bonds. The number of benzene rings is 1. The highest BCUT2D eigenvalue weighted by Gasteiger charge is 2.19. The molecule has 3 N–H and O–H groups in total. The van der Waals surface area contributed by atoms with Crippen LogP contribution in [0, 0.1) is 5.92 Å². The van der Waals surface area contributed by atoms with Crippen LogP contribution in [0.15, 0.2) is 41.8 Å². The van der Waals surface area contributed by atoms with Gasteiger partial charge in [-0.2, -0.15) is 0 Å². The molecule has 0 bridgehead atoms. The first-order chi connectivity index (χ1) is 9.56. The Balaban J connectivity index is 2.02. The van der Waals surface area contributed by atoms with Gasteiger partial charge in [0.05, 0.1) is 12.5 Å². The van der Waals surface area contributed by atoms with Crippen molar-refractivity contribution in [2.45, 2.75) is 26.3 Å². The Morgan fingerprint density at radius 3 is 2.70 bits per heavy atom. The van der Waals surface area contributed by atoms with Gasteiger partial charge in [0.15, 0.2) is 0 Å². The monoisotopic (exact) mass is 288 g/mol. The minimum absolute atomic E-state index is 0.0303. The van der Waals surface area contributed by atoms with Gasteiger partial charge in [-0.1, -0.05) is 32.0 Å². The van der Waals surface area contributed by atoms with Crippen LogP contribution < -0.4 is 11.1 Å². The number of hydrogen-bond donors (Lipinski definition) is 2. The van der Waals surface area contributed by atoms with E-state index in [0.29, 0.717) is 18.0 Å². The highest BCUT2D eigenvalue weighted by molar-refractivity contribution is 7.10. The molecule has 2 rings (SSSR count). The predicted molar refractivity (Wildman–Crippen MR) is 84.6 cm³/mol. The SMILES string of the molecule is CC(C)C(NC(=O)Cc1cccc(N)c1)c1cccs1. The molecule has 4 heteroatoms. The second kappa shape index (κ2) is 6.57. The number of carbonyl (C=O) groups excluding carboxylic acids is 1. The molecule has 1 heterocycles. The minimum Gasteiger partial charge on any atom is -0.399 e. The fraction of sp³-hybridized carbons (Fsp3) is 0.312. The maximum absolute atomic E-state index is 12.2. The molecule has 2 aromatic rings. The standard InChI is InChI=1S/C16H20N2OS/c1-11(2)16(14-7-4-8-20-14)18-15(19)10-12-5-3-6-13(17)9-12/h3-9,11,16H,10,17H2,1-2H3,(H,18,19). The van der Waals surface area contributed by atoms with Gasteiger partial charge in [0.1, 0.15) is 0 Å². The zero-order chi connectivity index (χ0) is 14.5. The lowest BCUT2D eigenvalue weighted by molar-refractivity contribution is -0.121. The van der Waals surface area contributed by atoms with Gasteiger partial charge in [-0.05, 0) is 35.1 Å². The molecule has 20 heavy (non-hydrogen) atoms. The summed E-state index contributed by atoms with van der Waals surface area (Å²) in [4.78, 5) is 13.4. The van der Waals surface area contributed by atoms with Gasteiger partial charge in [-0.25, -0.2) is 0 Å². The Hall–Kier alpha value is -1.81. The van der Waals surface area contributed by atoms with Gasteiger partial charge >= 0.3 is 0 Å². The van der Waals surface area contributed by atoms with E-state index in [1.54, 1.807) is 11.3 Å². The van der Waals surface area contributed by atoms with Gasteiger partial charge in [0.2, 0.25) is 5.91 Å². The lowest BCUT2D eigenvalue weighted by atomic mass is 10.0. The van der Waals surface area contributed by atoms with Crippen molar-refractivity contribution in [1.82, 2.24) is 5.32 Å². The third-order valence-electron chi connectivity index (χ3n) is 3.15. The van der Waals surface area contributed by atoms with Crippen LogP contribution in [0.3, 0.4) is 0 Å². The normalized spacial score (nSPS) is 12.3. The fourth-order valence-electron chi connectivity index (χ4n) is 2.15. The summed E-state index contributed by atoms with van der Waals surface area (Å²) in [6, 6.07) is 11.6. The van der Waals surface area contributed by atoms with Crippen molar-refractivity contribution in [1.29, 1.82) is 0 Å². The Morgan fingerprint density at radius 2 is 2.10 bits per heavy atom. The van der Waals surface area contributed by atoms with Crippen molar-refractivity contribution >= 4 is 22.9 Å². The second-order valence-corrected chi connectivity index (χ2v) is 6.21. The zero-order valence-corrected chi connectivity index (χ0v) is 12.6. The van der Waals surface area contributed by atoms with Crippen LogP contribution in [0.2, 0.25) is 0 Å². The first-order valence-electron chi connectivity index (χ1n) is 6.73. The van der Waals surface area contributed by atoms with Crippen molar-refractivity contribution in [2.75, 3.05) is 5.73 Å². The molecule has 0 radical (unpaired) electrons. The van der Waals surface area contributed by atoms with Crippen molar-refractivity contribution in [3.63, 3.8) is 0 Å². The number of nitrogen functional groups attached to an aromatic ring is 1. The molecule has 1 unspecified atom stereocenters. The molecule has 106 valence electrons. The van der Waals surface area contributed by atoms with Crippen LogP contribution in [0.1, 0.15) is 30.3 Å². The lowest BCUT2D eigenvalue weighted by Gasteiger charge is -2.21. The predicted octanol–water partition coefficient (Wildman–Crippen LogP) is 3.39. The summed E-state index contributed by atoms with van der Waals surface area (Å²) >= 11 is 1.68. The molecule has 0 aliphatic heterocycles. The number of rotatable bonds is 5. The van der Waals surface area contributed by atoms with Crippen LogP contribution >= 0.6 is 11.3 Å². The Kier molecular flexibility index (Phi) is 4.79. The Morgan fingerprint density at radius 1 is 1.30 bits per heavy atom. The molecular formula is C16H20N2OS. The van der Waals surface area contributed by atoms with Crippen LogP contribution in [0.4, 0.5) is 5.69 Å². The topological polar surface area (TPSA) is 55.1 Å². The molecule has 1 atom stereocenters. The second-order valence-electron chi connectivity index (χ2n) is 5.23. The van der Waals surface area contributed by atoms with E-state index >= 15 is 0 Å². The van der Waals surface area contributed by atoms with E-state index in [9.17, 15) is 4.79 Å². The highest BCUT2D eigenvalue weighted by atomic mass is 32.1. The minimum atomic E-state index is 0.0303. The van der Waals surface area contributed by atoms with Gasteiger partial charge in [-0.3, -0.25) is 4.79 Å². The van der Waals surface area contributed by atoms with Crippen molar-refractivity contribution in [3.05, 3.63) is 52.2 Å². The average molecular weight is 288 g/mol. The number of thiophene rings is 1. The van der Waals surface area contributed by atoms with Gasteiger partial charge in [0, 0.05) is 10.6 Å². The highest BCUT2D eigenvalue weighted by Crippen LogP contribution is 2.25. The fourth-order valence-corrected chi connectivity index (χ4v) is 3.10. The molecule has 0 aliphatic carbocycles. The number of carbonyl (C=O) groups is 1. The summed E-state index contributed by atoms with van der Waals surface area (Å²) in [7, 11) is 0. The summed E-state index contributed by atoms with van der Waals surface area (Å²) in [6.07, 6.45) is 0.361. The Bertz CT molecular complexity index is 564. The molecule has 1 aromatic carbocycles. The van der Waals surface area contributed by atoms with Crippen LogP contribution in [-0.2, 0) is 11.2 Å². The first kappa shape index (κ1) is 14.6. The van der Waals surface area contributed by atoms with Crippen molar-refractivity contribution in [3.8, 4) is 0 Å². The smallest absolute Gasteiger partial charge is 0.224 e. The van der Waals surface area contributed by atoms with E-state index in [1.807, 2.05) is 35.7 Å². The number of nitrogens with two attached hydrogens (primary N) is 1. The summed E-state index contributed by atoms with van der Waals surface area (Å²) in [5.41, 5.74) is 7.36. The molecule has 3 nitrogen and oxygen atoms in total. The molecule has 0 saturated heterocycles. The molecule has 0 fully saturated rings. The van der Waals surface area contributed by atoms with Crippen LogP contribution in [-0.4, -0.2) is 5.91 Å². The van der Waals surface area contributed by atoms with Crippen LogP contribution in [0.25, 0.3) is 0 Å². The average Bonchev–Trinajstić information content (AvgIpc) is 2.89. The maximum atomic E-state index is 12.2. The Labute approximate surface area is 123 Å². The van der Waals surface area contributed by atoms with E-state index in [1.165, 1.54) is 4.88 Å². The molecule has 0 aliphatic rings. The number of amides is 1. The van der Waals surface area contributed by atoms with E-state index < -0.39 is 0 Å². The lowest BCUT2D eigenvalue weighted by Crippen LogP contribution is -2.32. The molecular weight excluding hydrogens is 268 g/mol. The van der Waals surface area contributed by atoms with Crippen LogP contribution in [0.5, 0.6) is 0 Å². The number of hydrogen-bond acceptors (Lipinski definition) is 3. The number of nitrogens with one attached hydrogen (secondary N) is 1. The number of anilines is 1.